The van der Waals surface area contributed by atoms with Crippen LogP contribution in [-0.4, -0.2) is 57.6 Å². The van der Waals surface area contributed by atoms with E-state index in [4.69, 9.17) is 0 Å². The third-order valence-electron chi connectivity index (χ3n) is 8.82. The van der Waals surface area contributed by atoms with Crippen LogP contribution in [0.1, 0.15) is 30.4 Å². The van der Waals surface area contributed by atoms with Crippen molar-refractivity contribution >= 4 is 52.9 Å². The van der Waals surface area contributed by atoms with Gasteiger partial charge in [0.1, 0.15) is 0 Å². The van der Waals surface area contributed by atoms with Gasteiger partial charge in [-0.15, -0.1) is 0 Å². The van der Waals surface area contributed by atoms with Gasteiger partial charge in [0.15, 0.2) is 6.04 Å². The van der Waals surface area contributed by atoms with Crippen molar-refractivity contribution in [2.45, 2.75) is 37.4 Å². The van der Waals surface area contributed by atoms with Crippen LogP contribution < -0.4 is 9.80 Å². The molecule has 1 N–H and O–H groups in total. The summed E-state index contributed by atoms with van der Waals surface area (Å²) in [5, 5.41) is 10.7. The summed E-state index contributed by atoms with van der Waals surface area (Å²) in [6, 6.07) is 31.1. The summed E-state index contributed by atoms with van der Waals surface area (Å²) in [5.41, 5.74) is 4.48. The summed E-state index contributed by atoms with van der Waals surface area (Å²) in [7, 11) is 0. The Morgan fingerprint density at radius 3 is 1.75 bits per heavy atom. The molecule has 3 aliphatic heterocycles. The van der Waals surface area contributed by atoms with Gasteiger partial charge in [0.05, 0.1) is 34.8 Å². The predicted molar refractivity (Wildman–Crippen MR) is 171 cm³/mol. The molecular weight excluding hydrogens is 552 g/mol. The lowest BCUT2D eigenvalue weighted by molar-refractivity contribution is -0.148. The third-order valence-corrected chi connectivity index (χ3v) is 8.82. The molecule has 4 aromatic carbocycles. The number of fused-ring (bicyclic) bond motifs is 4. The minimum absolute atomic E-state index is 0.115. The van der Waals surface area contributed by atoms with E-state index in [2.05, 4.69) is 0 Å². The molecule has 3 heterocycles. The molecule has 44 heavy (non-hydrogen) atoms. The van der Waals surface area contributed by atoms with Crippen LogP contribution in [0.4, 0.5) is 32.3 Å². The van der Waals surface area contributed by atoms with E-state index in [9.17, 15) is 19.5 Å². The lowest BCUT2D eigenvalue weighted by Gasteiger charge is -2.54. The largest absolute Gasteiger partial charge is 0.480 e. The average molecular weight is 585 g/mol. The van der Waals surface area contributed by atoms with Crippen LogP contribution in [0.15, 0.2) is 109 Å². The highest BCUT2D eigenvalue weighted by molar-refractivity contribution is 6.07. The van der Waals surface area contributed by atoms with Gasteiger partial charge in [-0.25, -0.2) is 14.4 Å². The topological polar surface area (TPSA) is 84.4 Å². The maximum absolute atomic E-state index is 14.7. The predicted octanol–water partition coefficient (Wildman–Crippen LogP) is 7.38. The number of benzene rings is 4. The van der Waals surface area contributed by atoms with Crippen molar-refractivity contribution in [1.82, 2.24) is 9.80 Å². The third kappa shape index (κ3) is 4.68. The summed E-state index contributed by atoms with van der Waals surface area (Å²) >= 11 is 0. The number of hydrogen-bond donors (Lipinski definition) is 1. The smallest absolute Gasteiger partial charge is 0.330 e. The fourth-order valence-electron chi connectivity index (χ4n) is 6.89. The molecule has 0 saturated carbocycles. The lowest BCUT2D eigenvalue weighted by Crippen LogP contribution is -2.72. The van der Waals surface area contributed by atoms with Crippen molar-refractivity contribution in [3.63, 3.8) is 0 Å². The minimum Gasteiger partial charge on any atom is -0.480 e. The van der Waals surface area contributed by atoms with Crippen molar-refractivity contribution in [2.24, 2.45) is 0 Å². The van der Waals surface area contributed by atoms with E-state index in [1.807, 2.05) is 121 Å². The monoisotopic (exact) mass is 584 g/mol. The van der Waals surface area contributed by atoms with Gasteiger partial charge in [-0.05, 0) is 66.8 Å². The number of nitrogens with zero attached hydrogens (tertiary/aromatic N) is 4. The Morgan fingerprint density at radius 2 is 1.20 bits per heavy atom. The number of carboxylic acid groups (broad SMARTS) is 1. The van der Waals surface area contributed by atoms with Gasteiger partial charge in [-0.3, -0.25) is 9.80 Å². The van der Waals surface area contributed by atoms with E-state index in [-0.39, 0.29) is 18.6 Å². The number of piperidine rings is 1. The Balaban J connectivity index is 1.29. The van der Waals surface area contributed by atoms with E-state index in [1.165, 1.54) is 4.90 Å². The molecule has 220 valence electrons. The van der Waals surface area contributed by atoms with E-state index in [0.717, 1.165) is 17.5 Å². The SMILES string of the molecule is O=C(O)[C@@H]1[C@H]2CCC[C@@H](CN1C(=O)N1c3ccccc3C=Cc3ccccc31)N2C(=O)N(c1ccccc1)c1ccccc1. The van der Waals surface area contributed by atoms with Crippen molar-refractivity contribution < 1.29 is 19.5 Å². The first kappa shape index (κ1) is 27.5. The van der Waals surface area contributed by atoms with Crippen LogP contribution in [0.2, 0.25) is 0 Å². The molecule has 2 saturated heterocycles. The molecular formula is C36H32N4O4. The summed E-state index contributed by atoms with van der Waals surface area (Å²) in [6.45, 7) is 0.115. The number of carbonyl (C=O) groups excluding carboxylic acids is 2. The average Bonchev–Trinajstić information content (AvgIpc) is 3.22. The first-order chi connectivity index (χ1) is 21.5. The number of rotatable bonds is 3. The summed E-state index contributed by atoms with van der Waals surface area (Å²) in [5.74, 6) is -1.12. The highest BCUT2D eigenvalue weighted by Crippen LogP contribution is 2.41. The van der Waals surface area contributed by atoms with Crippen LogP contribution >= 0.6 is 0 Å². The number of urea groups is 2. The van der Waals surface area contributed by atoms with Gasteiger partial charge in [-0.2, -0.15) is 0 Å². The molecule has 2 bridgehead atoms. The number of aliphatic carboxylic acids is 1. The highest BCUT2D eigenvalue weighted by atomic mass is 16.4. The van der Waals surface area contributed by atoms with E-state index < -0.39 is 24.1 Å². The van der Waals surface area contributed by atoms with Gasteiger partial charge in [0.2, 0.25) is 0 Å². The molecule has 0 spiro atoms. The Kier molecular flexibility index (Phi) is 7.10. The Morgan fingerprint density at radius 1 is 0.682 bits per heavy atom. The Hall–Kier alpha value is -5.37. The Bertz CT molecular complexity index is 1650. The highest BCUT2D eigenvalue weighted by Gasteiger charge is 2.52. The fourth-order valence-corrected chi connectivity index (χ4v) is 6.89. The molecule has 0 aromatic heterocycles. The number of anilines is 4. The molecule has 0 radical (unpaired) electrons. The molecule has 3 aliphatic rings. The lowest BCUT2D eigenvalue weighted by atomic mass is 9.86. The van der Waals surface area contributed by atoms with E-state index in [1.54, 1.807) is 14.7 Å². The van der Waals surface area contributed by atoms with Crippen molar-refractivity contribution in [3.8, 4) is 0 Å². The number of amides is 4. The molecule has 4 aromatic rings. The zero-order valence-electron chi connectivity index (χ0n) is 24.1. The van der Waals surface area contributed by atoms with Crippen molar-refractivity contribution in [1.29, 1.82) is 0 Å². The molecule has 8 heteroatoms. The zero-order chi connectivity index (χ0) is 30.2. The van der Waals surface area contributed by atoms with Gasteiger partial charge in [-0.1, -0.05) is 84.9 Å². The Labute approximate surface area is 256 Å². The number of para-hydroxylation sites is 4. The van der Waals surface area contributed by atoms with E-state index in [0.29, 0.717) is 35.6 Å². The standard InChI is InChI=1S/C36H32N4O4/c41-34(42)33-32-21-11-18-29(39(32)36(44)38(27-14-3-1-4-15-27)28-16-5-2-6-17-28)24-37(33)35(43)40-30-19-9-7-12-25(30)22-23-26-13-8-10-20-31(26)40/h1-10,12-17,19-20,22-23,29,32-33H,11,18,21,24H2,(H,41,42)/t29-,32+,33-/m0/s1. The first-order valence-electron chi connectivity index (χ1n) is 14.9. The normalized spacial score (nSPS) is 20.3. The number of piperazine rings is 1. The van der Waals surface area contributed by atoms with Crippen LogP contribution in [0.3, 0.4) is 0 Å². The molecule has 4 amide bonds. The van der Waals surface area contributed by atoms with Gasteiger partial charge in [0.25, 0.3) is 0 Å². The van der Waals surface area contributed by atoms with Crippen LogP contribution in [-0.2, 0) is 4.79 Å². The number of carboxylic acids is 1. The number of carbonyl (C=O) groups is 3. The quantitative estimate of drug-likeness (QED) is 0.272. The summed E-state index contributed by atoms with van der Waals surface area (Å²) in [6.07, 6.45) is 5.88. The van der Waals surface area contributed by atoms with Gasteiger partial charge < -0.3 is 14.9 Å². The fraction of sp³-hybridized carbons (Fsp3) is 0.194. The molecule has 8 nitrogen and oxygen atoms in total. The molecule has 0 aliphatic carbocycles. The van der Waals surface area contributed by atoms with Gasteiger partial charge in [0, 0.05) is 6.54 Å². The molecule has 0 unspecified atom stereocenters. The van der Waals surface area contributed by atoms with Crippen LogP contribution in [0, 0.1) is 0 Å². The second-order valence-electron chi connectivity index (χ2n) is 11.4. The van der Waals surface area contributed by atoms with Crippen molar-refractivity contribution in [2.75, 3.05) is 16.3 Å². The molecule has 7 rings (SSSR count). The first-order valence-corrected chi connectivity index (χ1v) is 14.9. The maximum Gasteiger partial charge on any atom is 0.330 e. The minimum atomic E-state index is -1.22. The van der Waals surface area contributed by atoms with Gasteiger partial charge >= 0.3 is 18.0 Å². The number of hydrogen-bond acceptors (Lipinski definition) is 3. The van der Waals surface area contributed by atoms with E-state index >= 15 is 0 Å². The molecule has 3 atom stereocenters. The zero-order valence-corrected chi connectivity index (χ0v) is 24.1. The second-order valence-corrected chi connectivity index (χ2v) is 11.4. The number of likely N-dealkylation sites (tertiary alicyclic amines) is 1. The second kappa shape index (κ2) is 11.4. The van der Waals surface area contributed by atoms with Crippen LogP contribution in [0.5, 0.6) is 0 Å². The maximum atomic E-state index is 14.7. The van der Waals surface area contributed by atoms with Crippen molar-refractivity contribution in [3.05, 3.63) is 120 Å². The summed E-state index contributed by atoms with van der Waals surface area (Å²) in [4.78, 5) is 48.9. The van der Waals surface area contributed by atoms with Crippen LogP contribution in [0.25, 0.3) is 12.2 Å². The summed E-state index contributed by atoms with van der Waals surface area (Å²) < 4.78 is 0. The molecule has 2 fully saturated rings.